The maximum atomic E-state index is 13.2. The topological polar surface area (TPSA) is 101 Å². The summed E-state index contributed by atoms with van der Waals surface area (Å²) in [7, 11) is -4.06. The van der Waals surface area contributed by atoms with E-state index >= 15 is 0 Å². The highest BCUT2D eigenvalue weighted by Gasteiger charge is 2.28. The van der Waals surface area contributed by atoms with Crippen LogP contribution in [-0.4, -0.2) is 29.1 Å². The summed E-state index contributed by atoms with van der Waals surface area (Å²) < 4.78 is 37.3. The van der Waals surface area contributed by atoms with Gasteiger partial charge in [0.1, 0.15) is 22.0 Å². The molecule has 0 spiro atoms. The Balaban J connectivity index is 1.66. The van der Waals surface area contributed by atoms with E-state index in [-0.39, 0.29) is 16.8 Å². The summed E-state index contributed by atoms with van der Waals surface area (Å²) in [5.41, 5.74) is 2.89. The molecule has 32 heavy (non-hydrogen) atoms. The maximum Gasteiger partial charge on any atom is 0.243 e. The van der Waals surface area contributed by atoms with Crippen LogP contribution in [0.4, 0.5) is 5.69 Å². The minimum Gasteiger partial charge on any atom is -0.324 e. The number of fused-ring (bicyclic) bond motifs is 1. The van der Waals surface area contributed by atoms with Crippen molar-refractivity contribution in [2.45, 2.75) is 24.3 Å². The smallest absolute Gasteiger partial charge is 0.243 e. The van der Waals surface area contributed by atoms with Crippen molar-refractivity contribution in [2.24, 2.45) is 0 Å². The largest absolute Gasteiger partial charge is 0.324 e. The Labute approximate surface area is 194 Å². The average molecular weight is 487 g/mol. The van der Waals surface area contributed by atoms with Gasteiger partial charge in [-0.2, -0.15) is 13.5 Å². The molecule has 1 atom stereocenters. The molecule has 164 valence electrons. The molecule has 7 nitrogen and oxygen atoms in total. The third kappa shape index (κ3) is 4.97. The van der Waals surface area contributed by atoms with Crippen molar-refractivity contribution in [3.8, 4) is 0 Å². The van der Waals surface area contributed by atoms with Crippen LogP contribution in [0.15, 0.2) is 71.6 Å². The van der Waals surface area contributed by atoms with Crippen molar-refractivity contribution in [1.82, 2.24) is 13.5 Å². The minimum atomic E-state index is -4.06. The van der Waals surface area contributed by atoms with E-state index in [0.29, 0.717) is 16.2 Å². The number of carbonyl (C=O) groups excluding carboxylic acids is 1. The predicted octanol–water partition coefficient (Wildman–Crippen LogP) is 4.18. The molecule has 1 amide bonds. The van der Waals surface area contributed by atoms with Crippen LogP contribution in [0.1, 0.15) is 11.1 Å². The van der Waals surface area contributed by atoms with Crippen LogP contribution in [-0.2, 0) is 21.2 Å². The minimum absolute atomic E-state index is 0.0199. The standard InChI is InChI=1S/C22H19ClN4O3S2/c1-14-10-11-16(23)13-18(14)24-22(28)19(12-15-6-3-2-4-7-15)27-32(29,30)20-9-5-8-17-21(20)26-31-25-17/h2-11,13,19,27H,12H2,1H3,(H,24,28)/t19-/m1/s1. The van der Waals surface area contributed by atoms with E-state index in [1.165, 1.54) is 6.07 Å². The van der Waals surface area contributed by atoms with Crippen LogP contribution in [0, 0.1) is 6.92 Å². The number of rotatable bonds is 7. The monoisotopic (exact) mass is 486 g/mol. The van der Waals surface area contributed by atoms with Gasteiger partial charge in [-0.15, -0.1) is 0 Å². The number of aryl methyl sites for hydroxylation is 1. The molecule has 4 aromatic rings. The summed E-state index contributed by atoms with van der Waals surface area (Å²) in [6.07, 6.45) is 0.164. The zero-order chi connectivity index (χ0) is 22.7. The third-order valence-electron chi connectivity index (χ3n) is 4.89. The van der Waals surface area contributed by atoms with Gasteiger partial charge >= 0.3 is 0 Å². The van der Waals surface area contributed by atoms with Crippen LogP contribution in [0.5, 0.6) is 0 Å². The molecular formula is C22H19ClN4O3S2. The molecule has 4 rings (SSSR count). The first kappa shape index (κ1) is 22.3. The maximum absolute atomic E-state index is 13.2. The summed E-state index contributed by atoms with van der Waals surface area (Å²) >= 11 is 7.00. The summed E-state index contributed by atoms with van der Waals surface area (Å²) in [5, 5.41) is 3.27. The normalized spacial score (nSPS) is 12.6. The number of sulfonamides is 1. The number of hydrogen-bond acceptors (Lipinski definition) is 6. The van der Waals surface area contributed by atoms with Crippen LogP contribution >= 0.6 is 23.3 Å². The fraction of sp³-hybridized carbons (Fsp3) is 0.136. The molecule has 0 saturated carbocycles. The lowest BCUT2D eigenvalue weighted by molar-refractivity contribution is -0.117. The quantitative estimate of drug-likeness (QED) is 0.408. The number of anilines is 1. The Morgan fingerprint density at radius 2 is 1.84 bits per heavy atom. The highest BCUT2D eigenvalue weighted by Crippen LogP contribution is 2.23. The van der Waals surface area contributed by atoms with Gasteiger partial charge in [-0.3, -0.25) is 4.79 Å². The molecule has 10 heteroatoms. The number of aromatic nitrogens is 2. The van der Waals surface area contributed by atoms with Gasteiger partial charge < -0.3 is 5.32 Å². The van der Waals surface area contributed by atoms with Gasteiger partial charge in [-0.05, 0) is 48.7 Å². The van der Waals surface area contributed by atoms with E-state index in [9.17, 15) is 13.2 Å². The lowest BCUT2D eigenvalue weighted by Gasteiger charge is -2.20. The van der Waals surface area contributed by atoms with E-state index in [1.807, 2.05) is 37.3 Å². The van der Waals surface area contributed by atoms with E-state index in [0.717, 1.165) is 22.9 Å². The van der Waals surface area contributed by atoms with Gasteiger partial charge in [0.2, 0.25) is 15.9 Å². The summed E-state index contributed by atoms with van der Waals surface area (Å²) in [6.45, 7) is 1.83. The van der Waals surface area contributed by atoms with Crippen molar-refractivity contribution in [1.29, 1.82) is 0 Å². The SMILES string of the molecule is Cc1ccc(Cl)cc1NC(=O)[C@@H](Cc1ccccc1)NS(=O)(=O)c1cccc2nsnc12. The Bertz CT molecular complexity index is 1370. The Hall–Kier alpha value is -2.85. The van der Waals surface area contributed by atoms with Crippen molar-refractivity contribution in [3.63, 3.8) is 0 Å². The van der Waals surface area contributed by atoms with Gasteiger partial charge in [0, 0.05) is 10.7 Å². The zero-order valence-corrected chi connectivity index (χ0v) is 19.3. The highest BCUT2D eigenvalue weighted by molar-refractivity contribution is 7.89. The van der Waals surface area contributed by atoms with Crippen LogP contribution in [0.25, 0.3) is 11.0 Å². The van der Waals surface area contributed by atoms with Crippen molar-refractivity contribution in [3.05, 3.63) is 82.9 Å². The highest BCUT2D eigenvalue weighted by atomic mass is 35.5. The van der Waals surface area contributed by atoms with Gasteiger partial charge in [0.15, 0.2) is 0 Å². The number of benzene rings is 3. The molecule has 1 heterocycles. The Morgan fingerprint density at radius 3 is 2.62 bits per heavy atom. The van der Waals surface area contributed by atoms with Gasteiger partial charge in [0.05, 0.1) is 11.7 Å². The Morgan fingerprint density at radius 1 is 1.06 bits per heavy atom. The second kappa shape index (κ2) is 9.33. The first-order chi connectivity index (χ1) is 15.3. The summed E-state index contributed by atoms with van der Waals surface area (Å²) in [4.78, 5) is 13.2. The lowest BCUT2D eigenvalue weighted by Crippen LogP contribution is -2.45. The van der Waals surface area contributed by atoms with Crippen LogP contribution in [0.2, 0.25) is 5.02 Å². The van der Waals surface area contributed by atoms with Crippen molar-refractivity contribution >= 4 is 56.0 Å². The Kier molecular flexibility index (Phi) is 6.52. The number of hydrogen-bond donors (Lipinski definition) is 2. The van der Waals surface area contributed by atoms with E-state index < -0.39 is 22.0 Å². The molecule has 0 aliphatic heterocycles. The van der Waals surface area contributed by atoms with Crippen LogP contribution < -0.4 is 10.0 Å². The molecule has 0 saturated heterocycles. The fourth-order valence-electron chi connectivity index (χ4n) is 3.24. The average Bonchev–Trinajstić information content (AvgIpc) is 3.25. The van der Waals surface area contributed by atoms with Crippen molar-refractivity contribution in [2.75, 3.05) is 5.32 Å². The molecule has 0 aliphatic rings. The number of nitrogens with zero attached hydrogens (tertiary/aromatic N) is 2. The van der Waals surface area contributed by atoms with Gasteiger partial charge in [-0.1, -0.05) is 54.1 Å². The van der Waals surface area contributed by atoms with E-state index in [2.05, 4.69) is 18.8 Å². The van der Waals surface area contributed by atoms with Gasteiger partial charge in [-0.25, -0.2) is 8.42 Å². The number of halogens is 1. The van der Waals surface area contributed by atoms with E-state index in [4.69, 9.17) is 11.6 Å². The predicted molar refractivity (Wildman–Crippen MR) is 126 cm³/mol. The van der Waals surface area contributed by atoms with Crippen LogP contribution in [0.3, 0.4) is 0 Å². The molecule has 0 bridgehead atoms. The number of amides is 1. The fourth-order valence-corrected chi connectivity index (χ4v) is 5.37. The first-order valence-corrected chi connectivity index (χ1v) is 12.3. The molecule has 1 aromatic heterocycles. The second-order valence-electron chi connectivity index (χ2n) is 7.20. The summed E-state index contributed by atoms with van der Waals surface area (Å²) in [5.74, 6) is -0.494. The second-order valence-corrected chi connectivity index (χ2v) is 9.85. The third-order valence-corrected chi connectivity index (χ3v) is 7.17. The zero-order valence-electron chi connectivity index (χ0n) is 16.9. The first-order valence-electron chi connectivity index (χ1n) is 9.68. The molecule has 2 N–H and O–H groups in total. The molecule has 0 aliphatic carbocycles. The number of nitrogens with one attached hydrogen (secondary N) is 2. The molecule has 0 unspecified atom stereocenters. The van der Waals surface area contributed by atoms with E-state index in [1.54, 1.807) is 30.3 Å². The molecule has 3 aromatic carbocycles. The van der Waals surface area contributed by atoms with Gasteiger partial charge in [0.25, 0.3) is 0 Å². The lowest BCUT2D eigenvalue weighted by atomic mass is 10.1. The molecule has 0 fully saturated rings. The molecular weight excluding hydrogens is 468 g/mol. The summed E-state index contributed by atoms with van der Waals surface area (Å²) in [6, 6.07) is 18.0. The van der Waals surface area contributed by atoms with Crippen molar-refractivity contribution < 1.29 is 13.2 Å². The number of carbonyl (C=O) groups is 1. The molecule has 0 radical (unpaired) electrons.